The first kappa shape index (κ1) is 16.0. The Bertz CT molecular complexity index is 819. The summed E-state index contributed by atoms with van der Waals surface area (Å²) < 4.78 is 5.96. The lowest BCUT2D eigenvalue weighted by atomic mass is 9.85. The van der Waals surface area contributed by atoms with E-state index >= 15 is 0 Å². The highest BCUT2D eigenvalue weighted by Crippen LogP contribution is 2.54. The van der Waals surface area contributed by atoms with Gasteiger partial charge in [-0.1, -0.05) is 24.3 Å². The number of nitrogens with zero attached hydrogens (tertiary/aromatic N) is 1. The van der Waals surface area contributed by atoms with Gasteiger partial charge in [0.25, 0.3) is 0 Å². The second-order valence-corrected chi connectivity index (χ2v) is 7.47. The minimum Gasteiger partial charge on any atom is -0.493 e. The first-order chi connectivity index (χ1) is 12.9. The van der Waals surface area contributed by atoms with Crippen LogP contribution in [0.25, 0.3) is 11.1 Å². The molecule has 3 aliphatic heterocycles. The van der Waals surface area contributed by atoms with Crippen molar-refractivity contribution in [2.24, 2.45) is 0 Å². The summed E-state index contributed by atoms with van der Waals surface area (Å²) in [7, 11) is 0. The summed E-state index contributed by atoms with van der Waals surface area (Å²) in [6, 6.07) is 13.7. The maximum atomic E-state index is 5.96. The van der Waals surface area contributed by atoms with E-state index in [2.05, 4.69) is 58.9 Å². The van der Waals surface area contributed by atoms with Crippen LogP contribution in [0.3, 0.4) is 0 Å². The number of fused-ring (bicyclic) bond motifs is 3. The van der Waals surface area contributed by atoms with Gasteiger partial charge in [0, 0.05) is 54.0 Å². The van der Waals surface area contributed by atoms with E-state index in [-0.39, 0.29) is 0 Å². The molecule has 2 N–H and O–H groups in total. The van der Waals surface area contributed by atoms with E-state index in [4.69, 9.17) is 4.74 Å². The number of rotatable bonds is 3. The summed E-state index contributed by atoms with van der Waals surface area (Å²) >= 11 is 0. The SMILES string of the molecule is CCOc1ccccc1-c1ccc2c3c1N1CCNCCC1C3CCN2. The highest BCUT2D eigenvalue weighted by Gasteiger charge is 2.43. The topological polar surface area (TPSA) is 36.5 Å². The van der Waals surface area contributed by atoms with Gasteiger partial charge in [0.2, 0.25) is 0 Å². The molecule has 0 radical (unpaired) electrons. The maximum absolute atomic E-state index is 5.96. The fourth-order valence-corrected chi connectivity index (χ4v) is 5.12. The molecule has 0 amide bonds. The van der Waals surface area contributed by atoms with Crippen LogP contribution >= 0.6 is 0 Å². The molecule has 0 saturated carbocycles. The fourth-order valence-electron chi connectivity index (χ4n) is 5.12. The molecule has 3 aliphatic rings. The van der Waals surface area contributed by atoms with Crippen LogP contribution in [0, 0.1) is 0 Å². The Morgan fingerprint density at radius 3 is 2.88 bits per heavy atom. The van der Waals surface area contributed by atoms with Gasteiger partial charge in [0.1, 0.15) is 5.75 Å². The Kier molecular flexibility index (Phi) is 4.01. The van der Waals surface area contributed by atoms with Crippen LogP contribution in [0.2, 0.25) is 0 Å². The molecule has 4 nitrogen and oxygen atoms in total. The van der Waals surface area contributed by atoms with E-state index in [1.54, 1.807) is 5.56 Å². The molecule has 1 saturated heterocycles. The second-order valence-electron chi connectivity index (χ2n) is 7.47. The summed E-state index contributed by atoms with van der Waals surface area (Å²) in [6.07, 6.45) is 2.46. The lowest BCUT2D eigenvalue weighted by Gasteiger charge is -2.29. The van der Waals surface area contributed by atoms with E-state index in [1.165, 1.54) is 35.3 Å². The third kappa shape index (κ3) is 2.39. The molecular formula is C22H27N3O. The van der Waals surface area contributed by atoms with Crippen molar-refractivity contribution in [2.45, 2.75) is 31.7 Å². The van der Waals surface area contributed by atoms with Crippen molar-refractivity contribution in [3.63, 3.8) is 0 Å². The molecule has 4 heteroatoms. The van der Waals surface area contributed by atoms with Gasteiger partial charge in [-0.3, -0.25) is 0 Å². The Morgan fingerprint density at radius 2 is 1.96 bits per heavy atom. The van der Waals surface area contributed by atoms with Gasteiger partial charge in [0.05, 0.1) is 12.3 Å². The zero-order chi connectivity index (χ0) is 17.5. The van der Waals surface area contributed by atoms with Crippen molar-refractivity contribution in [2.75, 3.05) is 43.0 Å². The highest BCUT2D eigenvalue weighted by molar-refractivity contribution is 5.90. The third-order valence-corrected chi connectivity index (χ3v) is 6.13. The summed E-state index contributed by atoms with van der Waals surface area (Å²) in [5.74, 6) is 1.64. The largest absolute Gasteiger partial charge is 0.493 e. The van der Waals surface area contributed by atoms with Crippen LogP contribution in [0.4, 0.5) is 11.4 Å². The number of benzene rings is 2. The molecule has 0 aromatic heterocycles. The summed E-state index contributed by atoms with van der Waals surface area (Å²) in [4.78, 5) is 2.69. The molecule has 3 heterocycles. The van der Waals surface area contributed by atoms with Crippen LogP contribution in [0.1, 0.15) is 31.2 Å². The van der Waals surface area contributed by atoms with E-state index < -0.39 is 0 Å². The molecule has 2 aromatic carbocycles. The Morgan fingerprint density at radius 1 is 1.04 bits per heavy atom. The van der Waals surface area contributed by atoms with Crippen molar-refractivity contribution >= 4 is 11.4 Å². The average Bonchev–Trinajstić information content (AvgIpc) is 2.83. The molecule has 2 aromatic rings. The van der Waals surface area contributed by atoms with Crippen LogP contribution in [0.15, 0.2) is 36.4 Å². The van der Waals surface area contributed by atoms with E-state index in [0.717, 1.165) is 31.9 Å². The Labute approximate surface area is 155 Å². The van der Waals surface area contributed by atoms with Crippen molar-refractivity contribution in [3.8, 4) is 16.9 Å². The zero-order valence-corrected chi connectivity index (χ0v) is 15.4. The molecule has 26 heavy (non-hydrogen) atoms. The average molecular weight is 349 g/mol. The number of nitrogens with one attached hydrogen (secondary N) is 2. The van der Waals surface area contributed by atoms with E-state index in [0.29, 0.717) is 18.6 Å². The minimum atomic E-state index is 0.626. The highest BCUT2D eigenvalue weighted by atomic mass is 16.5. The summed E-state index contributed by atoms with van der Waals surface area (Å²) in [5.41, 5.74) is 6.88. The molecule has 0 aliphatic carbocycles. The normalized spacial score (nSPS) is 23.7. The molecular weight excluding hydrogens is 322 g/mol. The van der Waals surface area contributed by atoms with Crippen LogP contribution in [-0.2, 0) is 0 Å². The Hall–Kier alpha value is -2.20. The van der Waals surface area contributed by atoms with Crippen LogP contribution in [0.5, 0.6) is 5.75 Å². The van der Waals surface area contributed by atoms with Gasteiger partial charge in [-0.2, -0.15) is 0 Å². The number of para-hydroxylation sites is 1. The zero-order valence-electron chi connectivity index (χ0n) is 15.4. The molecule has 136 valence electrons. The lowest BCUT2D eigenvalue weighted by Crippen LogP contribution is -2.35. The molecule has 0 bridgehead atoms. The predicted octanol–water partition coefficient (Wildman–Crippen LogP) is 3.83. The predicted molar refractivity (Wildman–Crippen MR) is 108 cm³/mol. The third-order valence-electron chi connectivity index (χ3n) is 6.13. The molecule has 2 atom stereocenters. The number of ether oxygens (including phenoxy) is 1. The standard InChI is InChI=1S/C22H27N3O/c1-2-26-20-6-4-3-5-15(20)16-7-8-18-21-17(9-12-24-18)19-10-11-23-13-14-25(19)22(16)21/h3-8,17,19,23-24H,2,9-14H2,1H3. The first-order valence-corrected chi connectivity index (χ1v) is 9.99. The molecule has 2 unspecified atom stereocenters. The van der Waals surface area contributed by atoms with Crippen molar-refractivity contribution in [1.82, 2.24) is 5.32 Å². The summed E-state index contributed by atoms with van der Waals surface area (Å²) in [6.45, 7) is 7.11. The molecule has 0 spiro atoms. The van der Waals surface area contributed by atoms with Gasteiger partial charge in [-0.25, -0.2) is 0 Å². The molecule has 1 fully saturated rings. The van der Waals surface area contributed by atoms with Crippen LogP contribution in [-0.4, -0.2) is 38.8 Å². The second kappa shape index (κ2) is 6.51. The fraction of sp³-hybridized carbons (Fsp3) is 0.455. The van der Waals surface area contributed by atoms with Crippen molar-refractivity contribution in [3.05, 3.63) is 42.0 Å². The van der Waals surface area contributed by atoms with Crippen molar-refractivity contribution in [1.29, 1.82) is 0 Å². The van der Waals surface area contributed by atoms with Gasteiger partial charge in [0.15, 0.2) is 0 Å². The van der Waals surface area contributed by atoms with Gasteiger partial charge < -0.3 is 20.3 Å². The van der Waals surface area contributed by atoms with Crippen LogP contribution < -0.4 is 20.3 Å². The lowest BCUT2D eigenvalue weighted by molar-refractivity contribution is 0.341. The van der Waals surface area contributed by atoms with Crippen molar-refractivity contribution < 1.29 is 4.74 Å². The molecule has 5 rings (SSSR count). The number of hydrogen-bond donors (Lipinski definition) is 2. The first-order valence-electron chi connectivity index (χ1n) is 9.99. The number of hydrogen-bond acceptors (Lipinski definition) is 4. The number of anilines is 2. The van der Waals surface area contributed by atoms with E-state index in [1.807, 2.05) is 0 Å². The van der Waals surface area contributed by atoms with Gasteiger partial charge in [-0.05, 0) is 38.4 Å². The van der Waals surface area contributed by atoms with Gasteiger partial charge >= 0.3 is 0 Å². The Balaban J connectivity index is 1.71. The minimum absolute atomic E-state index is 0.626. The summed E-state index contributed by atoms with van der Waals surface area (Å²) in [5, 5.41) is 7.24. The van der Waals surface area contributed by atoms with E-state index in [9.17, 15) is 0 Å². The smallest absolute Gasteiger partial charge is 0.127 e. The maximum Gasteiger partial charge on any atom is 0.127 e. The monoisotopic (exact) mass is 349 g/mol. The quantitative estimate of drug-likeness (QED) is 0.883. The van der Waals surface area contributed by atoms with Gasteiger partial charge in [-0.15, -0.1) is 0 Å².